The molecule has 1 N–H and O–H groups in total. The Morgan fingerprint density at radius 2 is 1.36 bits per heavy atom. The molecule has 4 aliphatic rings. The highest BCUT2D eigenvalue weighted by Crippen LogP contribution is 2.50. The smallest absolute Gasteiger partial charge is 0.244 e. The molecule has 4 heterocycles. The molecule has 2 spiro atoms. The van der Waals surface area contributed by atoms with Crippen LogP contribution in [0.2, 0.25) is 0 Å². The third-order valence-electron chi connectivity index (χ3n) is 7.74. The average molecular weight is 453 g/mol. The third kappa shape index (κ3) is 3.97. The Hall–Kier alpha value is -2.64. The molecule has 33 heavy (non-hydrogen) atoms. The van der Waals surface area contributed by atoms with Gasteiger partial charge < -0.3 is 10.2 Å². The molecule has 2 aromatic rings. The summed E-state index contributed by atoms with van der Waals surface area (Å²) in [5, 5.41) is 12.1. The van der Waals surface area contributed by atoms with E-state index in [2.05, 4.69) is 55.3 Å². The van der Waals surface area contributed by atoms with E-state index in [-0.39, 0.29) is 22.6 Å². The minimum absolute atomic E-state index is 0.0865. The van der Waals surface area contributed by atoms with Crippen LogP contribution in [0.1, 0.15) is 88.0 Å². The lowest BCUT2D eigenvalue weighted by atomic mass is 10.0. The van der Waals surface area contributed by atoms with Gasteiger partial charge in [0.05, 0.1) is 11.4 Å². The van der Waals surface area contributed by atoms with Gasteiger partial charge in [0.25, 0.3) is 0 Å². The summed E-state index contributed by atoms with van der Waals surface area (Å²) in [6.07, 6.45) is 4.73. The predicted molar refractivity (Wildman–Crippen MR) is 125 cm³/mol. The molecule has 6 rings (SSSR count). The molecule has 0 aromatic carbocycles. The fourth-order valence-electron chi connectivity index (χ4n) is 5.10. The molecule has 8 heteroatoms. The van der Waals surface area contributed by atoms with Crippen LogP contribution < -0.4 is 5.32 Å². The van der Waals surface area contributed by atoms with Gasteiger partial charge in [0.1, 0.15) is 13.1 Å². The van der Waals surface area contributed by atoms with E-state index in [0.29, 0.717) is 24.9 Å². The van der Waals surface area contributed by atoms with Crippen LogP contribution in [0.25, 0.3) is 0 Å². The standard InChI is InChI=1S/C13H19N3O.C12H17N3O/c1-9(2)10-6-11-13(4-5-13)8-15(3)12(17)7-16(11)14-10;1-8(2)9-5-10-12(3-4-12)7-13-11(16)6-15(10)14-9/h6,9H,4-5,7-8H2,1-3H3;5,8H,3-4,6-7H2,1-2H3,(H,13,16). The molecule has 0 bridgehead atoms. The fraction of sp³-hybridized carbons (Fsp3) is 0.680. The number of amides is 2. The summed E-state index contributed by atoms with van der Waals surface area (Å²) in [6, 6.07) is 4.40. The number of likely N-dealkylation sites (N-methyl/N-ethyl adjacent to an activating group) is 1. The molecule has 0 saturated heterocycles. The van der Waals surface area contributed by atoms with Crippen molar-refractivity contribution in [3.05, 3.63) is 34.9 Å². The predicted octanol–water partition coefficient (Wildman–Crippen LogP) is 2.68. The summed E-state index contributed by atoms with van der Waals surface area (Å²) < 4.78 is 3.85. The molecule has 2 fully saturated rings. The minimum Gasteiger partial charge on any atom is -0.354 e. The minimum atomic E-state index is 0.0865. The summed E-state index contributed by atoms with van der Waals surface area (Å²) in [5.41, 5.74) is 5.17. The van der Waals surface area contributed by atoms with Crippen molar-refractivity contribution in [1.29, 1.82) is 0 Å². The summed E-state index contributed by atoms with van der Waals surface area (Å²) in [4.78, 5) is 25.4. The second kappa shape index (κ2) is 7.71. The van der Waals surface area contributed by atoms with E-state index in [1.165, 1.54) is 37.1 Å². The van der Waals surface area contributed by atoms with Crippen molar-refractivity contribution in [1.82, 2.24) is 29.8 Å². The molecule has 2 aromatic heterocycles. The van der Waals surface area contributed by atoms with E-state index in [4.69, 9.17) is 0 Å². The maximum Gasteiger partial charge on any atom is 0.244 e. The van der Waals surface area contributed by atoms with Gasteiger partial charge in [-0.3, -0.25) is 19.0 Å². The van der Waals surface area contributed by atoms with Crippen molar-refractivity contribution in [3.8, 4) is 0 Å². The molecule has 0 unspecified atom stereocenters. The lowest BCUT2D eigenvalue weighted by Crippen LogP contribution is -2.32. The van der Waals surface area contributed by atoms with E-state index in [1.54, 1.807) is 0 Å². The van der Waals surface area contributed by atoms with Crippen molar-refractivity contribution >= 4 is 11.8 Å². The zero-order chi connectivity index (χ0) is 23.5. The second-order valence-corrected chi connectivity index (χ2v) is 11.1. The van der Waals surface area contributed by atoms with E-state index >= 15 is 0 Å². The summed E-state index contributed by atoms with van der Waals surface area (Å²) in [7, 11) is 1.90. The zero-order valence-electron chi connectivity index (χ0n) is 20.5. The zero-order valence-corrected chi connectivity index (χ0v) is 20.5. The first kappa shape index (κ1) is 22.2. The number of fused-ring (bicyclic) bond motifs is 4. The van der Waals surface area contributed by atoms with Crippen LogP contribution in [-0.4, -0.2) is 56.4 Å². The largest absolute Gasteiger partial charge is 0.354 e. The summed E-state index contributed by atoms with van der Waals surface area (Å²) in [6.45, 7) is 11.0. The van der Waals surface area contributed by atoms with Crippen molar-refractivity contribution < 1.29 is 9.59 Å². The molecule has 0 radical (unpaired) electrons. The van der Waals surface area contributed by atoms with Crippen LogP contribution in [-0.2, 0) is 33.5 Å². The highest BCUT2D eigenvalue weighted by molar-refractivity contribution is 5.77. The maximum atomic E-state index is 11.9. The van der Waals surface area contributed by atoms with Crippen molar-refractivity contribution in [2.45, 2.75) is 89.1 Å². The number of nitrogens with zero attached hydrogens (tertiary/aromatic N) is 5. The normalized spacial score (nSPS) is 21.8. The number of nitrogens with one attached hydrogen (secondary N) is 1. The van der Waals surface area contributed by atoms with Gasteiger partial charge in [0, 0.05) is 42.4 Å². The van der Waals surface area contributed by atoms with Gasteiger partial charge >= 0.3 is 0 Å². The Labute approximate surface area is 195 Å². The first-order valence-corrected chi connectivity index (χ1v) is 12.3. The van der Waals surface area contributed by atoms with Crippen molar-refractivity contribution in [2.75, 3.05) is 20.1 Å². The third-order valence-corrected chi connectivity index (χ3v) is 7.74. The first-order chi connectivity index (χ1) is 15.6. The highest BCUT2D eigenvalue weighted by atomic mass is 16.2. The fourth-order valence-corrected chi connectivity index (χ4v) is 5.10. The topological polar surface area (TPSA) is 85.1 Å². The Balaban J connectivity index is 0.000000139. The first-order valence-electron chi connectivity index (χ1n) is 12.3. The lowest BCUT2D eigenvalue weighted by Gasteiger charge is -2.18. The molecule has 2 saturated carbocycles. The van der Waals surface area contributed by atoms with Crippen LogP contribution in [0.4, 0.5) is 0 Å². The summed E-state index contributed by atoms with van der Waals surface area (Å²) >= 11 is 0. The molecule has 0 atom stereocenters. The van der Waals surface area contributed by atoms with Gasteiger partial charge in [0.15, 0.2) is 0 Å². The van der Waals surface area contributed by atoms with E-state index < -0.39 is 0 Å². The molecule has 2 aliphatic heterocycles. The Morgan fingerprint density at radius 1 is 0.848 bits per heavy atom. The quantitative estimate of drug-likeness (QED) is 0.759. The van der Waals surface area contributed by atoms with E-state index in [0.717, 1.165) is 24.5 Å². The molecule has 178 valence electrons. The molecule has 8 nitrogen and oxygen atoms in total. The van der Waals surface area contributed by atoms with Crippen molar-refractivity contribution in [3.63, 3.8) is 0 Å². The van der Waals surface area contributed by atoms with Gasteiger partial charge in [-0.1, -0.05) is 27.7 Å². The number of hydrogen-bond donors (Lipinski definition) is 1. The average Bonchev–Trinajstić information content (AvgIpc) is 3.65. The van der Waals surface area contributed by atoms with Gasteiger partial charge in [0.2, 0.25) is 11.8 Å². The van der Waals surface area contributed by atoms with Crippen LogP contribution in [0.15, 0.2) is 12.1 Å². The van der Waals surface area contributed by atoms with E-state index in [9.17, 15) is 9.59 Å². The monoisotopic (exact) mass is 452 g/mol. The second-order valence-electron chi connectivity index (χ2n) is 11.1. The Bertz CT molecular complexity index is 1090. The van der Waals surface area contributed by atoms with Crippen LogP contribution in [0.5, 0.6) is 0 Å². The lowest BCUT2D eigenvalue weighted by molar-refractivity contribution is -0.130. The van der Waals surface area contributed by atoms with Crippen LogP contribution >= 0.6 is 0 Å². The Kier molecular flexibility index (Phi) is 5.18. The highest BCUT2D eigenvalue weighted by Gasteiger charge is 2.50. The number of rotatable bonds is 2. The Morgan fingerprint density at radius 3 is 1.88 bits per heavy atom. The van der Waals surface area contributed by atoms with Gasteiger partial charge in [-0.15, -0.1) is 0 Å². The SMILES string of the molecule is CC(C)c1cc2n(n1)CC(=O)N(C)CC21CC1.CC(C)c1cc2n(n1)CC(=O)NCC21CC1. The number of carbonyl (C=O) groups is 2. The molecular formula is C25H36N6O2. The van der Waals surface area contributed by atoms with E-state index in [1.807, 2.05) is 21.3 Å². The summed E-state index contributed by atoms with van der Waals surface area (Å²) in [5.74, 6) is 1.12. The number of aromatic nitrogens is 4. The van der Waals surface area contributed by atoms with Gasteiger partial charge in [-0.25, -0.2) is 0 Å². The molecule has 2 aliphatic carbocycles. The van der Waals surface area contributed by atoms with Crippen molar-refractivity contribution in [2.24, 2.45) is 0 Å². The van der Waals surface area contributed by atoms with Gasteiger partial charge in [-0.2, -0.15) is 10.2 Å². The number of hydrogen-bond acceptors (Lipinski definition) is 4. The van der Waals surface area contributed by atoms with Crippen LogP contribution in [0, 0.1) is 0 Å². The molecular weight excluding hydrogens is 416 g/mol. The maximum absolute atomic E-state index is 11.9. The number of carbonyl (C=O) groups excluding carboxylic acids is 2. The van der Waals surface area contributed by atoms with Gasteiger partial charge in [-0.05, 0) is 49.7 Å². The van der Waals surface area contributed by atoms with Crippen LogP contribution in [0.3, 0.4) is 0 Å². The molecule has 2 amide bonds.